The Hall–Kier alpha value is -1.30. The lowest BCUT2D eigenvalue weighted by molar-refractivity contribution is 0.0104. The maximum Gasteiger partial charge on any atom is 0.415 e. The summed E-state index contributed by atoms with van der Waals surface area (Å²) in [6, 6.07) is 7.07. The third-order valence-electron chi connectivity index (χ3n) is 6.11. The summed E-state index contributed by atoms with van der Waals surface area (Å²) in [6.45, 7) is 8.83. The lowest BCUT2D eigenvalue weighted by atomic mass is 9.92. The number of unbranched alkanes of at least 4 members (excludes halogenated alkanes) is 3. The summed E-state index contributed by atoms with van der Waals surface area (Å²) in [7, 11) is 1.82. The first-order valence-electron chi connectivity index (χ1n) is 11.6. The fourth-order valence-corrected chi connectivity index (χ4v) is 4.13. The number of nitrogens with zero attached hydrogens (tertiary/aromatic N) is 2. The van der Waals surface area contributed by atoms with E-state index in [0.29, 0.717) is 16.9 Å². The van der Waals surface area contributed by atoms with Crippen molar-refractivity contribution >= 4 is 17.7 Å². The zero-order chi connectivity index (χ0) is 21.8. The van der Waals surface area contributed by atoms with Gasteiger partial charge in [0.15, 0.2) is 0 Å². The topological polar surface area (TPSA) is 42.0 Å². The van der Waals surface area contributed by atoms with Crippen LogP contribution in [0, 0.1) is 0 Å². The van der Waals surface area contributed by atoms with Crippen LogP contribution in [0.15, 0.2) is 24.3 Å². The molecule has 1 saturated carbocycles. The van der Waals surface area contributed by atoms with Gasteiger partial charge in [0.2, 0.25) is 0 Å². The Kier molecular flexibility index (Phi) is 11.6. The Morgan fingerprint density at radius 2 is 1.63 bits per heavy atom. The third kappa shape index (κ3) is 8.83. The number of carbonyl (C=O) groups is 1. The number of halogens is 1. The minimum absolute atomic E-state index is 0.213. The largest absolute Gasteiger partial charge is 0.415 e. The van der Waals surface area contributed by atoms with Gasteiger partial charge >= 0.3 is 6.09 Å². The monoisotopic (exact) mass is 438 g/mol. The summed E-state index contributed by atoms with van der Waals surface area (Å²) in [4.78, 5) is 16.6. The average molecular weight is 439 g/mol. The van der Waals surface area contributed by atoms with Crippen LogP contribution in [-0.2, 0) is 4.74 Å². The maximum atomic E-state index is 12.4. The number of rotatable bonds is 12. The molecule has 30 heavy (non-hydrogen) atoms. The molecule has 0 saturated heterocycles. The molecule has 5 nitrogen and oxygen atoms in total. The van der Waals surface area contributed by atoms with Gasteiger partial charge in [-0.25, -0.2) is 4.79 Å². The lowest BCUT2D eigenvalue weighted by Gasteiger charge is -2.34. The van der Waals surface area contributed by atoms with Gasteiger partial charge < -0.3 is 19.3 Å². The van der Waals surface area contributed by atoms with Crippen LogP contribution < -0.4 is 4.74 Å². The number of amides is 1. The molecular formula is C24H39ClN2O3. The molecule has 0 radical (unpaired) electrons. The highest BCUT2D eigenvalue weighted by Crippen LogP contribution is 2.26. The molecule has 170 valence electrons. The van der Waals surface area contributed by atoms with Gasteiger partial charge in [-0.3, -0.25) is 0 Å². The van der Waals surface area contributed by atoms with Gasteiger partial charge in [0.25, 0.3) is 0 Å². The van der Waals surface area contributed by atoms with E-state index in [1.807, 2.05) is 7.05 Å². The first kappa shape index (κ1) is 25.0. The molecule has 0 atom stereocenters. The fourth-order valence-electron chi connectivity index (χ4n) is 4.00. The second kappa shape index (κ2) is 13.9. The lowest BCUT2D eigenvalue weighted by Crippen LogP contribution is -2.42. The fraction of sp³-hybridized carbons (Fsp3) is 0.708. The van der Waals surface area contributed by atoms with E-state index >= 15 is 0 Å². The van der Waals surface area contributed by atoms with Crippen molar-refractivity contribution in [3.8, 4) is 5.75 Å². The van der Waals surface area contributed by atoms with Crippen LogP contribution in [0.1, 0.15) is 65.2 Å². The highest BCUT2D eigenvalue weighted by molar-refractivity contribution is 6.30. The zero-order valence-electron chi connectivity index (χ0n) is 18.9. The first-order valence-corrected chi connectivity index (χ1v) is 11.9. The first-order chi connectivity index (χ1) is 14.5. The second-order valence-electron chi connectivity index (χ2n) is 8.18. The molecule has 1 fully saturated rings. The van der Waals surface area contributed by atoms with Crippen LogP contribution in [0.4, 0.5) is 4.79 Å². The average Bonchev–Trinajstić information content (AvgIpc) is 2.77. The molecule has 0 N–H and O–H groups in total. The van der Waals surface area contributed by atoms with Crippen molar-refractivity contribution in [1.82, 2.24) is 9.80 Å². The molecule has 0 bridgehead atoms. The van der Waals surface area contributed by atoms with Crippen molar-refractivity contribution in [2.75, 3.05) is 33.3 Å². The minimum Gasteiger partial charge on any atom is -0.410 e. The smallest absolute Gasteiger partial charge is 0.410 e. The van der Waals surface area contributed by atoms with Gasteiger partial charge in [0.1, 0.15) is 5.75 Å². The minimum atomic E-state index is -0.314. The van der Waals surface area contributed by atoms with E-state index in [4.69, 9.17) is 21.1 Å². The van der Waals surface area contributed by atoms with Crippen molar-refractivity contribution in [3.05, 3.63) is 29.3 Å². The van der Waals surface area contributed by atoms with Gasteiger partial charge in [0, 0.05) is 24.7 Å². The molecule has 1 aromatic carbocycles. The Bertz CT molecular complexity index is 599. The van der Waals surface area contributed by atoms with Crippen molar-refractivity contribution in [3.63, 3.8) is 0 Å². The summed E-state index contributed by atoms with van der Waals surface area (Å²) in [5.74, 6) is 0.519. The predicted octanol–water partition coefficient (Wildman–Crippen LogP) is 6.00. The molecule has 0 spiro atoms. The van der Waals surface area contributed by atoms with E-state index < -0.39 is 0 Å². The zero-order valence-corrected chi connectivity index (χ0v) is 19.7. The van der Waals surface area contributed by atoms with Crippen molar-refractivity contribution in [2.24, 2.45) is 0 Å². The molecule has 0 aromatic heterocycles. The Morgan fingerprint density at radius 3 is 2.27 bits per heavy atom. The summed E-state index contributed by atoms with van der Waals surface area (Å²) < 4.78 is 11.5. The SMILES string of the molecule is CCN(CC)CCCCCCO[C@H]1CC[C@H](N(C)C(=O)Oc2ccc(Cl)cc2)CC1. The van der Waals surface area contributed by atoms with Crippen LogP contribution in [0.25, 0.3) is 0 Å². The van der Waals surface area contributed by atoms with Crippen molar-refractivity contribution < 1.29 is 14.3 Å². The number of ether oxygens (including phenoxy) is 2. The van der Waals surface area contributed by atoms with Crippen LogP contribution in [0.5, 0.6) is 5.75 Å². The number of hydrogen-bond donors (Lipinski definition) is 0. The standard InChI is InChI=1S/C24H39ClN2O3/c1-4-27(5-2)18-8-6-7-9-19-29-22-16-12-21(13-17-22)26(3)24(28)30-23-14-10-20(25)11-15-23/h10-11,14-15,21-22H,4-9,12-13,16-19H2,1-3H3/t21-,22-. The molecule has 1 aromatic rings. The normalized spacial score (nSPS) is 19.1. The Morgan fingerprint density at radius 1 is 1.00 bits per heavy atom. The summed E-state index contributed by atoms with van der Waals surface area (Å²) in [5.41, 5.74) is 0. The molecule has 0 heterocycles. The van der Waals surface area contributed by atoms with Gasteiger partial charge in [-0.05, 0) is 82.4 Å². The molecule has 1 aliphatic carbocycles. The number of hydrogen-bond acceptors (Lipinski definition) is 4. The summed E-state index contributed by atoms with van der Waals surface area (Å²) in [6.07, 6.45) is 8.90. The Balaban J connectivity index is 1.56. The van der Waals surface area contributed by atoms with Gasteiger partial charge in [-0.2, -0.15) is 0 Å². The highest BCUT2D eigenvalue weighted by Gasteiger charge is 2.27. The van der Waals surface area contributed by atoms with Crippen LogP contribution >= 0.6 is 11.6 Å². The molecule has 0 unspecified atom stereocenters. The summed E-state index contributed by atoms with van der Waals surface area (Å²) in [5, 5.41) is 0.626. The van der Waals surface area contributed by atoms with Crippen LogP contribution in [0.2, 0.25) is 5.02 Å². The second-order valence-corrected chi connectivity index (χ2v) is 8.61. The van der Waals surface area contributed by atoms with Crippen LogP contribution in [-0.4, -0.2) is 61.3 Å². The number of benzene rings is 1. The third-order valence-corrected chi connectivity index (χ3v) is 6.37. The van der Waals surface area contributed by atoms with E-state index in [0.717, 1.165) is 51.8 Å². The Labute approximate surface area is 187 Å². The van der Waals surface area contributed by atoms with Gasteiger partial charge in [-0.15, -0.1) is 0 Å². The van der Waals surface area contributed by atoms with E-state index in [1.54, 1.807) is 29.2 Å². The molecule has 1 amide bonds. The maximum absolute atomic E-state index is 12.4. The molecule has 6 heteroatoms. The predicted molar refractivity (Wildman–Crippen MR) is 123 cm³/mol. The van der Waals surface area contributed by atoms with E-state index in [9.17, 15) is 4.79 Å². The highest BCUT2D eigenvalue weighted by atomic mass is 35.5. The van der Waals surface area contributed by atoms with Gasteiger partial charge in [-0.1, -0.05) is 38.3 Å². The van der Waals surface area contributed by atoms with Crippen molar-refractivity contribution in [1.29, 1.82) is 0 Å². The molecule has 1 aliphatic rings. The quantitative estimate of drug-likeness (QED) is 0.375. The summed E-state index contributed by atoms with van der Waals surface area (Å²) >= 11 is 5.87. The van der Waals surface area contributed by atoms with E-state index in [2.05, 4.69) is 18.7 Å². The molecule has 2 rings (SSSR count). The van der Waals surface area contributed by atoms with Crippen molar-refractivity contribution in [2.45, 2.75) is 77.4 Å². The van der Waals surface area contributed by atoms with Crippen LogP contribution in [0.3, 0.4) is 0 Å². The van der Waals surface area contributed by atoms with E-state index in [1.165, 1.54) is 25.8 Å². The van der Waals surface area contributed by atoms with E-state index in [-0.39, 0.29) is 12.1 Å². The number of carbonyl (C=O) groups excluding carboxylic acids is 1. The molecular weight excluding hydrogens is 400 g/mol. The molecule has 0 aliphatic heterocycles. The van der Waals surface area contributed by atoms with Gasteiger partial charge in [0.05, 0.1) is 6.10 Å².